The first-order chi connectivity index (χ1) is 9.10. The van der Waals surface area contributed by atoms with Crippen LogP contribution in [0, 0.1) is 0 Å². The molecular formula is C14H13Br3N2. The van der Waals surface area contributed by atoms with Gasteiger partial charge >= 0.3 is 0 Å². The van der Waals surface area contributed by atoms with Gasteiger partial charge in [-0.2, -0.15) is 0 Å². The number of hydrogen-bond donors (Lipinski definition) is 1. The highest BCUT2D eigenvalue weighted by atomic mass is 79.9. The molecule has 1 atom stereocenters. The molecule has 1 aromatic carbocycles. The standard InChI is InChI=1S/C14H13Br3N2/c1-18-14(7-11-4-2-10(16)8-19-11)12-5-3-9(15)6-13(12)17/h2-6,8,14,18H,7H2,1H3. The van der Waals surface area contributed by atoms with Gasteiger partial charge in [0.25, 0.3) is 0 Å². The highest BCUT2D eigenvalue weighted by molar-refractivity contribution is 9.11. The van der Waals surface area contributed by atoms with Crippen LogP contribution in [0.1, 0.15) is 17.3 Å². The van der Waals surface area contributed by atoms with Crippen molar-refractivity contribution in [1.82, 2.24) is 10.3 Å². The maximum Gasteiger partial charge on any atom is 0.0423 e. The van der Waals surface area contributed by atoms with Crippen LogP contribution in [0.15, 0.2) is 49.9 Å². The van der Waals surface area contributed by atoms with Crippen molar-refractivity contribution >= 4 is 47.8 Å². The second kappa shape index (κ2) is 6.97. The van der Waals surface area contributed by atoms with Crippen LogP contribution in [0.2, 0.25) is 0 Å². The van der Waals surface area contributed by atoms with Crippen molar-refractivity contribution < 1.29 is 0 Å². The van der Waals surface area contributed by atoms with Gasteiger partial charge < -0.3 is 5.32 Å². The number of nitrogens with zero attached hydrogens (tertiary/aromatic N) is 1. The van der Waals surface area contributed by atoms with E-state index >= 15 is 0 Å². The number of nitrogens with one attached hydrogen (secondary N) is 1. The van der Waals surface area contributed by atoms with Crippen LogP contribution in [0.3, 0.4) is 0 Å². The largest absolute Gasteiger partial charge is 0.313 e. The lowest BCUT2D eigenvalue weighted by molar-refractivity contribution is 0.582. The second-order valence-electron chi connectivity index (χ2n) is 4.18. The Kier molecular flexibility index (Phi) is 5.57. The zero-order valence-electron chi connectivity index (χ0n) is 10.3. The Hall–Kier alpha value is -0.230. The van der Waals surface area contributed by atoms with Crippen molar-refractivity contribution in [2.45, 2.75) is 12.5 Å². The Morgan fingerprint density at radius 3 is 2.42 bits per heavy atom. The van der Waals surface area contributed by atoms with E-state index in [1.807, 2.05) is 25.4 Å². The number of benzene rings is 1. The van der Waals surface area contributed by atoms with Crippen molar-refractivity contribution in [1.29, 1.82) is 0 Å². The van der Waals surface area contributed by atoms with Crippen molar-refractivity contribution in [3.8, 4) is 0 Å². The maximum absolute atomic E-state index is 4.43. The quantitative estimate of drug-likeness (QED) is 0.721. The second-order valence-corrected chi connectivity index (χ2v) is 6.86. The summed E-state index contributed by atoms with van der Waals surface area (Å²) in [6, 6.07) is 10.5. The summed E-state index contributed by atoms with van der Waals surface area (Å²) in [4.78, 5) is 4.43. The summed E-state index contributed by atoms with van der Waals surface area (Å²) in [6.07, 6.45) is 2.68. The zero-order valence-corrected chi connectivity index (χ0v) is 15.1. The van der Waals surface area contributed by atoms with Gasteiger partial charge in [-0.25, -0.2) is 0 Å². The first-order valence-corrected chi connectivity index (χ1v) is 8.20. The normalized spacial score (nSPS) is 12.4. The lowest BCUT2D eigenvalue weighted by Crippen LogP contribution is -2.19. The molecule has 0 spiro atoms. The molecule has 1 unspecified atom stereocenters. The molecule has 1 aromatic heterocycles. The molecular weight excluding hydrogens is 436 g/mol. The molecule has 0 radical (unpaired) electrons. The summed E-state index contributed by atoms with van der Waals surface area (Å²) in [7, 11) is 1.97. The van der Waals surface area contributed by atoms with E-state index in [2.05, 4.69) is 76.3 Å². The van der Waals surface area contributed by atoms with E-state index in [1.165, 1.54) is 5.56 Å². The smallest absolute Gasteiger partial charge is 0.0423 e. The van der Waals surface area contributed by atoms with E-state index in [0.717, 1.165) is 25.5 Å². The number of hydrogen-bond acceptors (Lipinski definition) is 2. The molecule has 0 saturated carbocycles. The summed E-state index contributed by atoms with van der Waals surface area (Å²) >= 11 is 10.5. The number of rotatable bonds is 4. The fourth-order valence-electron chi connectivity index (χ4n) is 1.89. The van der Waals surface area contributed by atoms with E-state index in [0.29, 0.717) is 0 Å². The van der Waals surface area contributed by atoms with E-state index < -0.39 is 0 Å². The lowest BCUT2D eigenvalue weighted by Gasteiger charge is -2.18. The summed E-state index contributed by atoms with van der Waals surface area (Å²) in [5.41, 5.74) is 2.30. The van der Waals surface area contributed by atoms with Crippen LogP contribution in [0.4, 0.5) is 0 Å². The predicted octanol–water partition coefficient (Wildman–Crippen LogP) is 4.87. The van der Waals surface area contributed by atoms with Crippen molar-refractivity contribution in [2.24, 2.45) is 0 Å². The van der Waals surface area contributed by atoms with E-state index in [4.69, 9.17) is 0 Å². The number of pyridine rings is 1. The number of halogens is 3. The van der Waals surface area contributed by atoms with Crippen LogP contribution in [-0.4, -0.2) is 12.0 Å². The molecule has 5 heteroatoms. The summed E-state index contributed by atoms with van der Waals surface area (Å²) in [5.74, 6) is 0. The lowest BCUT2D eigenvalue weighted by atomic mass is 10.0. The third kappa shape index (κ3) is 4.12. The summed E-state index contributed by atoms with van der Waals surface area (Å²) in [5, 5.41) is 3.34. The SMILES string of the molecule is CNC(Cc1ccc(Br)cn1)c1ccc(Br)cc1Br. The summed E-state index contributed by atoms with van der Waals surface area (Å²) in [6.45, 7) is 0. The van der Waals surface area contributed by atoms with Crippen molar-refractivity contribution in [3.05, 3.63) is 61.2 Å². The van der Waals surface area contributed by atoms with Crippen LogP contribution in [0.5, 0.6) is 0 Å². The Morgan fingerprint density at radius 1 is 1.11 bits per heavy atom. The van der Waals surface area contributed by atoms with Gasteiger partial charge in [0.2, 0.25) is 0 Å². The van der Waals surface area contributed by atoms with Gasteiger partial charge in [0.05, 0.1) is 0 Å². The fraction of sp³-hybridized carbons (Fsp3) is 0.214. The van der Waals surface area contributed by atoms with E-state index in [-0.39, 0.29) is 6.04 Å². The number of aromatic nitrogens is 1. The van der Waals surface area contributed by atoms with E-state index in [9.17, 15) is 0 Å². The first kappa shape index (κ1) is 15.2. The minimum Gasteiger partial charge on any atom is -0.313 e. The van der Waals surface area contributed by atoms with Gasteiger partial charge in [0, 0.05) is 37.8 Å². The minimum atomic E-state index is 0.233. The Balaban J connectivity index is 2.22. The highest BCUT2D eigenvalue weighted by Crippen LogP contribution is 2.28. The summed E-state index contributed by atoms with van der Waals surface area (Å²) < 4.78 is 3.17. The molecule has 0 aliphatic rings. The molecule has 2 nitrogen and oxygen atoms in total. The molecule has 0 saturated heterocycles. The van der Waals surface area contributed by atoms with Gasteiger partial charge in [-0.3, -0.25) is 4.98 Å². The molecule has 0 amide bonds. The first-order valence-electron chi connectivity index (χ1n) is 5.83. The Labute approximate surface area is 138 Å². The predicted molar refractivity (Wildman–Crippen MR) is 89.3 cm³/mol. The van der Waals surface area contributed by atoms with Gasteiger partial charge in [0.1, 0.15) is 0 Å². The molecule has 0 aliphatic carbocycles. The minimum absolute atomic E-state index is 0.233. The molecule has 19 heavy (non-hydrogen) atoms. The van der Waals surface area contributed by atoms with Gasteiger partial charge in [-0.1, -0.05) is 37.9 Å². The molecule has 0 fully saturated rings. The Bertz CT molecular complexity index is 555. The Morgan fingerprint density at radius 2 is 1.84 bits per heavy atom. The monoisotopic (exact) mass is 446 g/mol. The van der Waals surface area contributed by atoms with Crippen LogP contribution in [0.25, 0.3) is 0 Å². The van der Waals surface area contributed by atoms with Gasteiger partial charge in [-0.05, 0) is 52.8 Å². The van der Waals surface area contributed by atoms with Crippen LogP contribution < -0.4 is 5.32 Å². The third-order valence-corrected chi connectivity index (χ3v) is 4.54. The highest BCUT2D eigenvalue weighted by Gasteiger charge is 2.14. The molecule has 1 N–H and O–H groups in total. The van der Waals surface area contributed by atoms with Crippen molar-refractivity contribution in [3.63, 3.8) is 0 Å². The molecule has 100 valence electrons. The van der Waals surface area contributed by atoms with Crippen molar-refractivity contribution in [2.75, 3.05) is 7.05 Å². The average molecular weight is 449 g/mol. The molecule has 0 aliphatic heterocycles. The number of likely N-dealkylation sites (N-methyl/N-ethyl adjacent to an activating group) is 1. The van der Waals surface area contributed by atoms with E-state index in [1.54, 1.807) is 0 Å². The molecule has 1 heterocycles. The maximum atomic E-state index is 4.43. The molecule has 2 rings (SSSR count). The van der Waals surface area contributed by atoms with Crippen LogP contribution >= 0.6 is 47.8 Å². The van der Waals surface area contributed by atoms with Gasteiger partial charge in [0.15, 0.2) is 0 Å². The molecule has 2 aromatic rings. The van der Waals surface area contributed by atoms with Gasteiger partial charge in [-0.15, -0.1) is 0 Å². The topological polar surface area (TPSA) is 24.9 Å². The zero-order chi connectivity index (χ0) is 13.8. The fourth-order valence-corrected chi connectivity index (χ4v) is 3.45. The average Bonchev–Trinajstić information content (AvgIpc) is 2.39. The van der Waals surface area contributed by atoms with Crippen LogP contribution in [-0.2, 0) is 6.42 Å². The molecule has 0 bridgehead atoms. The third-order valence-electron chi connectivity index (χ3n) is 2.89.